The van der Waals surface area contributed by atoms with Crippen LogP contribution in [-0.4, -0.2) is 44.0 Å². The smallest absolute Gasteiger partial charge is 0.256 e. The quantitative estimate of drug-likeness (QED) is 0.869. The Morgan fingerprint density at radius 2 is 2.26 bits per heavy atom. The fraction of sp³-hybridized carbons (Fsp3) is 0.500. The van der Waals surface area contributed by atoms with Gasteiger partial charge >= 0.3 is 0 Å². The Morgan fingerprint density at radius 1 is 1.47 bits per heavy atom. The first-order valence-electron chi connectivity index (χ1n) is 6.44. The van der Waals surface area contributed by atoms with Gasteiger partial charge in [-0.3, -0.25) is 4.79 Å². The molecule has 0 radical (unpaired) electrons. The summed E-state index contributed by atoms with van der Waals surface area (Å²) < 4.78 is 10.8. The highest BCUT2D eigenvalue weighted by Gasteiger charge is 2.31. The van der Waals surface area contributed by atoms with Gasteiger partial charge in [-0.15, -0.1) is 0 Å². The molecule has 0 spiro atoms. The average molecular weight is 265 g/mol. The fourth-order valence-electron chi connectivity index (χ4n) is 2.22. The highest BCUT2D eigenvalue weighted by Crippen LogP contribution is 2.30. The molecule has 0 aliphatic carbocycles. The molecule has 1 aromatic carbocycles. The van der Waals surface area contributed by atoms with Crippen LogP contribution in [0.2, 0.25) is 0 Å². The Bertz CT molecular complexity index is 435. The van der Waals surface area contributed by atoms with Gasteiger partial charge in [0.2, 0.25) is 0 Å². The lowest BCUT2D eigenvalue weighted by Gasteiger charge is -2.33. The first kappa shape index (κ1) is 13.8. The predicted octanol–water partition coefficient (Wildman–Crippen LogP) is 1.20. The van der Waals surface area contributed by atoms with Crippen LogP contribution in [0, 0.1) is 0 Å². The lowest BCUT2D eigenvalue weighted by Crippen LogP contribution is -2.48. The molecule has 1 aliphatic heterocycles. The number of para-hydroxylation sites is 2. The van der Waals surface area contributed by atoms with Crippen molar-refractivity contribution in [3.05, 3.63) is 24.3 Å². The molecule has 2 rings (SSSR count). The molecule has 1 heterocycles. The van der Waals surface area contributed by atoms with Crippen molar-refractivity contribution < 1.29 is 19.4 Å². The standard InChI is InChI=1S/C14H19NO4/c1-18-12-6-3-2-5-11(12)15-8-10-19-13(14(15)17)7-4-9-16/h2-3,5-6,13,16H,4,7-10H2,1H3. The van der Waals surface area contributed by atoms with Gasteiger partial charge in [-0.1, -0.05) is 12.1 Å². The summed E-state index contributed by atoms with van der Waals surface area (Å²) in [5.41, 5.74) is 0.771. The number of rotatable bonds is 5. The number of anilines is 1. The maximum Gasteiger partial charge on any atom is 0.256 e. The summed E-state index contributed by atoms with van der Waals surface area (Å²) in [4.78, 5) is 14.1. The normalized spacial score (nSPS) is 19.6. The van der Waals surface area contributed by atoms with E-state index in [2.05, 4.69) is 0 Å². The molecule has 0 aromatic heterocycles. The second-order valence-electron chi connectivity index (χ2n) is 4.39. The molecule has 5 heteroatoms. The van der Waals surface area contributed by atoms with E-state index in [4.69, 9.17) is 14.6 Å². The zero-order valence-corrected chi connectivity index (χ0v) is 11.0. The summed E-state index contributed by atoms with van der Waals surface area (Å²) in [5.74, 6) is 0.614. The lowest BCUT2D eigenvalue weighted by molar-refractivity contribution is -0.134. The van der Waals surface area contributed by atoms with E-state index in [9.17, 15) is 4.79 Å². The third-order valence-electron chi connectivity index (χ3n) is 3.18. The molecule has 5 nitrogen and oxygen atoms in total. The van der Waals surface area contributed by atoms with Crippen molar-refractivity contribution in [1.82, 2.24) is 0 Å². The third-order valence-corrected chi connectivity index (χ3v) is 3.18. The zero-order chi connectivity index (χ0) is 13.7. The minimum Gasteiger partial charge on any atom is -0.495 e. The Kier molecular flexibility index (Phi) is 4.76. The van der Waals surface area contributed by atoms with E-state index in [1.54, 1.807) is 12.0 Å². The van der Waals surface area contributed by atoms with Crippen LogP contribution in [0.15, 0.2) is 24.3 Å². The van der Waals surface area contributed by atoms with Crippen molar-refractivity contribution >= 4 is 11.6 Å². The molecular weight excluding hydrogens is 246 g/mol. The van der Waals surface area contributed by atoms with Gasteiger partial charge in [0.1, 0.15) is 11.9 Å². The highest BCUT2D eigenvalue weighted by atomic mass is 16.5. The number of benzene rings is 1. The number of carbonyl (C=O) groups is 1. The van der Waals surface area contributed by atoms with Gasteiger partial charge in [0.25, 0.3) is 5.91 Å². The molecule has 1 atom stereocenters. The Morgan fingerprint density at radius 3 is 3.00 bits per heavy atom. The maximum atomic E-state index is 12.4. The molecular formula is C14H19NO4. The molecule has 1 aromatic rings. The Labute approximate surface area is 112 Å². The summed E-state index contributed by atoms with van der Waals surface area (Å²) in [6.07, 6.45) is 0.641. The fourth-order valence-corrected chi connectivity index (χ4v) is 2.22. The molecule has 1 saturated heterocycles. The molecule has 1 aliphatic rings. The van der Waals surface area contributed by atoms with Gasteiger partial charge < -0.3 is 19.5 Å². The van der Waals surface area contributed by atoms with Crippen LogP contribution in [0.3, 0.4) is 0 Å². The van der Waals surface area contributed by atoms with Gasteiger partial charge in [-0.2, -0.15) is 0 Å². The Balaban J connectivity index is 2.17. The Hall–Kier alpha value is -1.59. The van der Waals surface area contributed by atoms with Crippen LogP contribution in [0.25, 0.3) is 0 Å². The van der Waals surface area contributed by atoms with E-state index >= 15 is 0 Å². The lowest BCUT2D eigenvalue weighted by atomic mass is 10.1. The number of aliphatic hydroxyl groups is 1. The van der Waals surface area contributed by atoms with E-state index < -0.39 is 6.10 Å². The summed E-state index contributed by atoms with van der Waals surface area (Å²) in [5, 5.41) is 8.85. The summed E-state index contributed by atoms with van der Waals surface area (Å²) in [6, 6.07) is 7.45. The van der Waals surface area contributed by atoms with Crippen LogP contribution in [0.4, 0.5) is 5.69 Å². The molecule has 0 saturated carbocycles. The monoisotopic (exact) mass is 265 g/mol. The second kappa shape index (κ2) is 6.54. The predicted molar refractivity (Wildman–Crippen MR) is 71.4 cm³/mol. The number of hydrogen-bond acceptors (Lipinski definition) is 4. The van der Waals surface area contributed by atoms with E-state index in [0.29, 0.717) is 31.7 Å². The maximum absolute atomic E-state index is 12.4. The number of morpholine rings is 1. The topological polar surface area (TPSA) is 59.0 Å². The number of nitrogens with zero attached hydrogens (tertiary/aromatic N) is 1. The van der Waals surface area contributed by atoms with Crippen molar-refractivity contribution in [2.24, 2.45) is 0 Å². The van der Waals surface area contributed by atoms with E-state index in [1.165, 1.54) is 0 Å². The van der Waals surface area contributed by atoms with Crippen LogP contribution in [-0.2, 0) is 9.53 Å². The van der Waals surface area contributed by atoms with Gasteiger partial charge in [-0.25, -0.2) is 0 Å². The molecule has 104 valence electrons. The van der Waals surface area contributed by atoms with Crippen molar-refractivity contribution in [2.75, 3.05) is 31.8 Å². The average Bonchev–Trinajstić information content (AvgIpc) is 2.46. The number of aliphatic hydroxyl groups excluding tert-OH is 1. The van der Waals surface area contributed by atoms with Crippen molar-refractivity contribution in [3.8, 4) is 5.75 Å². The minimum absolute atomic E-state index is 0.0656. The van der Waals surface area contributed by atoms with Crippen LogP contribution in [0.5, 0.6) is 5.75 Å². The van der Waals surface area contributed by atoms with Gasteiger partial charge in [0.05, 0.1) is 19.4 Å². The van der Waals surface area contributed by atoms with E-state index in [0.717, 1.165) is 5.69 Å². The van der Waals surface area contributed by atoms with Crippen molar-refractivity contribution in [3.63, 3.8) is 0 Å². The van der Waals surface area contributed by atoms with E-state index in [1.807, 2.05) is 24.3 Å². The van der Waals surface area contributed by atoms with Crippen molar-refractivity contribution in [1.29, 1.82) is 0 Å². The molecule has 19 heavy (non-hydrogen) atoms. The minimum atomic E-state index is -0.467. The number of amides is 1. The highest BCUT2D eigenvalue weighted by molar-refractivity contribution is 5.98. The molecule has 1 unspecified atom stereocenters. The molecule has 1 amide bonds. The second-order valence-corrected chi connectivity index (χ2v) is 4.39. The van der Waals surface area contributed by atoms with Crippen molar-refractivity contribution in [2.45, 2.75) is 18.9 Å². The van der Waals surface area contributed by atoms with Crippen LogP contribution in [0.1, 0.15) is 12.8 Å². The summed E-state index contributed by atoms with van der Waals surface area (Å²) >= 11 is 0. The van der Waals surface area contributed by atoms with Gasteiger partial charge in [0.15, 0.2) is 0 Å². The SMILES string of the molecule is COc1ccccc1N1CCOC(CCCO)C1=O. The first-order chi connectivity index (χ1) is 9.27. The van der Waals surface area contributed by atoms with E-state index in [-0.39, 0.29) is 12.5 Å². The van der Waals surface area contributed by atoms with Crippen LogP contribution < -0.4 is 9.64 Å². The van der Waals surface area contributed by atoms with Crippen LogP contribution >= 0.6 is 0 Å². The molecule has 1 N–H and O–H groups in total. The third kappa shape index (κ3) is 3.05. The largest absolute Gasteiger partial charge is 0.495 e. The number of hydrogen-bond donors (Lipinski definition) is 1. The summed E-state index contributed by atoms with van der Waals surface area (Å²) in [7, 11) is 1.59. The van der Waals surface area contributed by atoms with Gasteiger partial charge in [-0.05, 0) is 25.0 Å². The zero-order valence-electron chi connectivity index (χ0n) is 11.0. The van der Waals surface area contributed by atoms with Gasteiger partial charge in [0, 0.05) is 13.2 Å². The summed E-state index contributed by atoms with van der Waals surface area (Å²) in [6.45, 7) is 1.09. The number of carbonyl (C=O) groups excluding carboxylic acids is 1. The number of methoxy groups -OCH3 is 1. The number of ether oxygens (including phenoxy) is 2. The first-order valence-corrected chi connectivity index (χ1v) is 6.44. The molecule has 0 bridgehead atoms. The molecule has 1 fully saturated rings.